The Bertz CT molecular complexity index is 623. The van der Waals surface area contributed by atoms with Gasteiger partial charge in [-0.15, -0.1) is 0 Å². The Morgan fingerprint density at radius 3 is 2.64 bits per heavy atom. The van der Waals surface area contributed by atoms with Crippen molar-refractivity contribution < 1.29 is 28.8 Å². The number of imide groups is 1. The number of carbonyl (C=O) groups is 3. The summed E-state index contributed by atoms with van der Waals surface area (Å²) in [5, 5.41) is 24.5. The van der Waals surface area contributed by atoms with Crippen molar-refractivity contribution in [2.24, 2.45) is 10.8 Å². The molecule has 0 atom stereocenters. The van der Waals surface area contributed by atoms with E-state index in [2.05, 4.69) is 10.8 Å². The van der Waals surface area contributed by atoms with Crippen LogP contribution in [-0.4, -0.2) is 52.3 Å². The van der Waals surface area contributed by atoms with Gasteiger partial charge < -0.3 is 15.3 Å². The zero-order chi connectivity index (χ0) is 16.7. The highest BCUT2D eigenvalue weighted by Crippen LogP contribution is 2.14. The molecule has 0 saturated carbocycles. The summed E-state index contributed by atoms with van der Waals surface area (Å²) in [6.07, 6.45) is 1.12. The van der Waals surface area contributed by atoms with Gasteiger partial charge in [0.2, 0.25) is 5.91 Å². The quantitative estimate of drug-likeness (QED) is 0.276. The molecule has 12 heteroatoms. The maximum Gasteiger partial charge on any atom is 0.433 e. The van der Waals surface area contributed by atoms with E-state index in [-0.39, 0.29) is 18.8 Å². The summed E-state index contributed by atoms with van der Waals surface area (Å²) >= 11 is 0. The minimum atomic E-state index is -0.968. The first-order valence-electron chi connectivity index (χ1n) is 5.65. The Kier molecular flexibility index (Phi) is 5.71. The number of urea groups is 1. The zero-order valence-corrected chi connectivity index (χ0v) is 11.0. The standard InChI is InChI=1S/C8H6N4O5.C2H5NO2/c13-6-4-11(8(14)10-6)9-3-5-1-2-7(17-5)12(15)16;3-1-2(4)5/h1-3H,4H2,(H,10,13,14);1,3H2,(H,4,5)/b9-3+;. The van der Waals surface area contributed by atoms with E-state index in [4.69, 9.17) is 9.52 Å². The van der Waals surface area contributed by atoms with E-state index < -0.39 is 28.7 Å². The second-order valence-electron chi connectivity index (χ2n) is 3.69. The summed E-state index contributed by atoms with van der Waals surface area (Å²) in [6.45, 7) is -0.460. The third-order valence-electron chi connectivity index (χ3n) is 2.07. The van der Waals surface area contributed by atoms with Gasteiger partial charge in [-0.3, -0.25) is 25.0 Å². The molecule has 1 saturated heterocycles. The molecule has 0 spiro atoms. The van der Waals surface area contributed by atoms with Gasteiger partial charge in [-0.25, -0.2) is 9.80 Å². The van der Waals surface area contributed by atoms with E-state index in [0.717, 1.165) is 17.3 Å². The Morgan fingerprint density at radius 2 is 2.23 bits per heavy atom. The van der Waals surface area contributed by atoms with Gasteiger partial charge in [0, 0.05) is 0 Å². The lowest BCUT2D eigenvalue weighted by Gasteiger charge is -2.02. The number of rotatable bonds is 4. The number of carboxylic acid groups (broad SMARTS) is 1. The smallest absolute Gasteiger partial charge is 0.433 e. The molecule has 22 heavy (non-hydrogen) atoms. The number of carboxylic acids is 1. The molecule has 2 heterocycles. The number of nitrogens with one attached hydrogen (secondary N) is 1. The van der Waals surface area contributed by atoms with E-state index in [1.54, 1.807) is 0 Å². The van der Waals surface area contributed by atoms with Crippen molar-refractivity contribution >= 4 is 30.0 Å². The van der Waals surface area contributed by atoms with Gasteiger partial charge in [-0.1, -0.05) is 0 Å². The van der Waals surface area contributed by atoms with Crippen LogP contribution in [0.4, 0.5) is 10.7 Å². The van der Waals surface area contributed by atoms with Gasteiger partial charge >= 0.3 is 17.9 Å². The van der Waals surface area contributed by atoms with Crippen LogP contribution in [0.15, 0.2) is 21.7 Å². The molecule has 3 amide bonds. The molecule has 4 N–H and O–H groups in total. The second-order valence-corrected chi connectivity index (χ2v) is 3.69. The predicted octanol–water partition coefficient (Wildman–Crippen LogP) is -0.897. The number of hydrogen-bond acceptors (Lipinski definition) is 8. The molecule has 1 fully saturated rings. The molecule has 0 aliphatic carbocycles. The molecular formula is C10H11N5O7. The SMILES string of the molecule is NCC(=O)O.O=C1CN(/N=C/c2ccc([N+](=O)[O-])o2)C(=O)N1. The topological polar surface area (TPSA) is 181 Å². The van der Waals surface area contributed by atoms with Gasteiger partial charge in [0.05, 0.1) is 18.8 Å². The first-order chi connectivity index (χ1) is 10.3. The number of hydrazone groups is 1. The molecule has 1 aromatic heterocycles. The fourth-order valence-electron chi connectivity index (χ4n) is 1.16. The number of nitrogens with zero attached hydrogens (tertiary/aromatic N) is 3. The van der Waals surface area contributed by atoms with Crippen molar-refractivity contribution in [1.82, 2.24) is 10.3 Å². The minimum Gasteiger partial charge on any atom is -0.480 e. The van der Waals surface area contributed by atoms with Gasteiger partial charge in [0.15, 0.2) is 5.76 Å². The summed E-state index contributed by atoms with van der Waals surface area (Å²) in [7, 11) is 0. The van der Waals surface area contributed by atoms with Crippen molar-refractivity contribution in [3.63, 3.8) is 0 Å². The molecule has 1 aliphatic heterocycles. The third-order valence-corrected chi connectivity index (χ3v) is 2.07. The molecule has 12 nitrogen and oxygen atoms in total. The number of nitro groups is 1. The van der Waals surface area contributed by atoms with E-state index in [0.29, 0.717) is 0 Å². The largest absolute Gasteiger partial charge is 0.480 e. The summed E-state index contributed by atoms with van der Waals surface area (Å²) in [5.74, 6) is -1.74. The fourth-order valence-corrected chi connectivity index (χ4v) is 1.16. The Morgan fingerprint density at radius 1 is 1.59 bits per heavy atom. The van der Waals surface area contributed by atoms with E-state index in [9.17, 15) is 24.5 Å². The highest BCUT2D eigenvalue weighted by Gasteiger charge is 2.26. The van der Waals surface area contributed by atoms with Crippen LogP contribution in [0.3, 0.4) is 0 Å². The lowest BCUT2D eigenvalue weighted by atomic mass is 10.5. The molecule has 0 bridgehead atoms. The maximum absolute atomic E-state index is 11.1. The van der Waals surface area contributed by atoms with Crippen molar-refractivity contribution in [1.29, 1.82) is 0 Å². The Labute approximate surface area is 122 Å². The molecular weight excluding hydrogens is 302 g/mol. The normalized spacial score (nSPS) is 13.8. The number of hydrogen-bond donors (Lipinski definition) is 3. The molecule has 1 aliphatic rings. The summed E-state index contributed by atoms with van der Waals surface area (Å²) in [5.41, 5.74) is 4.57. The lowest BCUT2D eigenvalue weighted by Crippen LogP contribution is -2.24. The van der Waals surface area contributed by atoms with E-state index in [1.165, 1.54) is 6.07 Å². The van der Waals surface area contributed by atoms with Crippen LogP contribution in [0.5, 0.6) is 0 Å². The van der Waals surface area contributed by atoms with Crippen molar-refractivity contribution in [2.45, 2.75) is 0 Å². The monoisotopic (exact) mass is 313 g/mol. The van der Waals surface area contributed by atoms with Crippen LogP contribution in [0.2, 0.25) is 0 Å². The molecule has 2 rings (SSSR count). The Hall–Kier alpha value is -3.28. The zero-order valence-electron chi connectivity index (χ0n) is 11.0. The third kappa shape index (κ3) is 5.01. The highest BCUT2D eigenvalue weighted by atomic mass is 16.6. The second kappa shape index (κ2) is 7.49. The van der Waals surface area contributed by atoms with Crippen molar-refractivity contribution in [2.75, 3.05) is 13.1 Å². The van der Waals surface area contributed by atoms with Crippen LogP contribution in [0.25, 0.3) is 0 Å². The first kappa shape index (κ1) is 16.8. The predicted molar refractivity (Wildman–Crippen MR) is 69.9 cm³/mol. The molecule has 118 valence electrons. The first-order valence-corrected chi connectivity index (χ1v) is 5.65. The summed E-state index contributed by atoms with van der Waals surface area (Å²) in [6, 6.07) is 1.85. The number of nitrogens with two attached hydrogens (primary N) is 1. The number of amides is 3. The van der Waals surface area contributed by atoms with Crippen LogP contribution in [0, 0.1) is 10.1 Å². The maximum atomic E-state index is 11.1. The van der Waals surface area contributed by atoms with E-state index >= 15 is 0 Å². The number of carbonyl (C=O) groups excluding carboxylic acids is 2. The van der Waals surface area contributed by atoms with Crippen molar-refractivity contribution in [3.8, 4) is 0 Å². The minimum absolute atomic E-state index is 0.115. The molecule has 0 unspecified atom stereocenters. The summed E-state index contributed by atoms with van der Waals surface area (Å²) < 4.78 is 4.78. The van der Waals surface area contributed by atoms with Crippen LogP contribution < -0.4 is 11.1 Å². The average molecular weight is 313 g/mol. The van der Waals surface area contributed by atoms with Crippen LogP contribution >= 0.6 is 0 Å². The van der Waals surface area contributed by atoms with Gasteiger partial charge in [-0.05, 0) is 6.07 Å². The molecule has 1 aromatic rings. The Balaban J connectivity index is 0.000000422. The molecule has 0 aromatic carbocycles. The molecule has 0 radical (unpaired) electrons. The fraction of sp³-hybridized carbons (Fsp3) is 0.200. The van der Waals surface area contributed by atoms with Crippen molar-refractivity contribution in [3.05, 3.63) is 28.0 Å². The van der Waals surface area contributed by atoms with Gasteiger partial charge in [0.1, 0.15) is 11.5 Å². The van der Waals surface area contributed by atoms with Crippen LogP contribution in [-0.2, 0) is 9.59 Å². The van der Waals surface area contributed by atoms with Gasteiger partial charge in [0.25, 0.3) is 0 Å². The average Bonchev–Trinajstić information content (AvgIpc) is 3.04. The highest BCUT2D eigenvalue weighted by molar-refractivity contribution is 6.02. The number of furan rings is 1. The van der Waals surface area contributed by atoms with Crippen LogP contribution in [0.1, 0.15) is 5.76 Å². The number of aliphatic carboxylic acids is 1. The lowest BCUT2D eigenvalue weighted by molar-refractivity contribution is -0.402. The van der Waals surface area contributed by atoms with Gasteiger partial charge in [-0.2, -0.15) is 5.10 Å². The van der Waals surface area contributed by atoms with E-state index in [1.807, 2.05) is 5.32 Å². The summed E-state index contributed by atoms with van der Waals surface area (Å²) in [4.78, 5) is 40.7.